The first-order valence-corrected chi connectivity index (χ1v) is 11.7. The van der Waals surface area contributed by atoms with Crippen LogP contribution in [-0.4, -0.2) is 49.7 Å². The molecule has 1 aliphatic carbocycles. The predicted octanol–water partition coefficient (Wildman–Crippen LogP) is 3.78. The summed E-state index contributed by atoms with van der Waals surface area (Å²) in [6, 6.07) is 6.04. The van der Waals surface area contributed by atoms with Gasteiger partial charge in [-0.3, -0.25) is 24.0 Å². The van der Waals surface area contributed by atoms with Gasteiger partial charge in [-0.25, -0.2) is 4.39 Å². The molecule has 0 spiro atoms. The van der Waals surface area contributed by atoms with Gasteiger partial charge in [-0.2, -0.15) is 5.10 Å². The van der Waals surface area contributed by atoms with Crippen molar-refractivity contribution in [3.05, 3.63) is 58.3 Å². The van der Waals surface area contributed by atoms with Gasteiger partial charge in [0.1, 0.15) is 18.1 Å². The van der Waals surface area contributed by atoms with Crippen molar-refractivity contribution in [3.8, 4) is 0 Å². The van der Waals surface area contributed by atoms with Gasteiger partial charge >= 0.3 is 0 Å². The van der Waals surface area contributed by atoms with E-state index in [0.29, 0.717) is 34.6 Å². The van der Waals surface area contributed by atoms with Crippen molar-refractivity contribution in [2.24, 2.45) is 11.8 Å². The summed E-state index contributed by atoms with van der Waals surface area (Å²) in [5, 5.41) is 5.07. The number of fused-ring (bicyclic) bond motifs is 2. The van der Waals surface area contributed by atoms with Crippen LogP contribution in [0.5, 0.6) is 0 Å². The molecule has 1 amide bonds. The molecule has 0 radical (unpaired) electrons. The van der Waals surface area contributed by atoms with Crippen LogP contribution >= 0.6 is 11.6 Å². The second-order valence-electron chi connectivity index (χ2n) is 9.24. The number of ketones is 2. The van der Waals surface area contributed by atoms with Crippen LogP contribution < -0.4 is 0 Å². The van der Waals surface area contributed by atoms with Gasteiger partial charge in [0.2, 0.25) is 5.91 Å². The fraction of sp³-hybridized carbons (Fsp3) is 0.400. The van der Waals surface area contributed by atoms with E-state index in [1.54, 1.807) is 29.3 Å². The van der Waals surface area contributed by atoms with Crippen molar-refractivity contribution in [3.63, 3.8) is 0 Å². The molecule has 5 rings (SSSR count). The number of piperidine rings is 1. The van der Waals surface area contributed by atoms with Gasteiger partial charge < -0.3 is 4.90 Å². The Balaban J connectivity index is 1.33. The Morgan fingerprint density at radius 2 is 2.06 bits per heavy atom. The summed E-state index contributed by atoms with van der Waals surface area (Å²) in [6.07, 6.45) is 2.91. The number of Topliss-reactive ketones (excluding diaryl/α,β-unsaturated/α-hetero) is 2. The molecule has 1 saturated heterocycles. The SMILES string of the molecule is CC(=O)c1nn(CC(=O)N2C[C@@H]3C[C@@H]3[C@H]2C(=O)CCc2cccc(Cl)c2F)c2cnc(C)cc12. The summed E-state index contributed by atoms with van der Waals surface area (Å²) < 4.78 is 15.7. The van der Waals surface area contributed by atoms with E-state index in [-0.39, 0.29) is 47.8 Å². The van der Waals surface area contributed by atoms with E-state index >= 15 is 0 Å². The highest BCUT2D eigenvalue weighted by Crippen LogP contribution is 2.50. The smallest absolute Gasteiger partial charge is 0.244 e. The Kier molecular flexibility index (Phi) is 5.72. The largest absolute Gasteiger partial charge is 0.330 e. The van der Waals surface area contributed by atoms with E-state index in [0.717, 1.165) is 12.1 Å². The van der Waals surface area contributed by atoms with Crippen molar-refractivity contribution in [2.45, 2.75) is 45.7 Å². The molecule has 9 heteroatoms. The topological polar surface area (TPSA) is 85.2 Å². The average molecular weight is 483 g/mol. The summed E-state index contributed by atoms with van der Waals surface area (Å²) in [7, 11) is 0. The van der Waals surface area contributed by atoms with Gasteiger partial charge in [0.15, 0.2) is 11.6 Å². The molecule has 3 heterocycles. The van der Waals surface area contributed by atoms with Crippen molar-refractivity contribution < 1.29 is 18.8 Å². The molecule has 1 aliphatic heterocycles. The van der Waals surface area contributed by atoms with E-state index < -0.39 is 11.9 Å². The molecule has 3 aromatic rings. The molecule has 0 N–H and O–H groups in total. The molecule has 2 aliphatic rings. The lowest BCUT2D eigenvalue weighted by atomic mass is 10.00. The fourth-order valence-electron chi connectivity index (χ4n) is 5.06. The number of rotatable bonds is 7. The van der Waals surface area contributed by atoms with Crippen LogP contribution in [0.15, 0.2) is 30.5 Å². The van der Waals surface area contributed by atoms with Crippen LogP contribution in [0.1, 0.15) is 41.5 Å². The summed E-state index contributed by atoms with van der Waals surface area (Å²) >= 11 is 5.85. The van der Waals surface area contributed by atoms with E-state index in [2.05, 4.69) is 10.1 Å². The molecular formula is C25H24ClFN4O3. The van der Waals surface area contributed by atoms with Crippen molar-refractivity contribution in [1.29, 1.82) is 0 Å². The number of hydrogen-bond donors (Lipinski definition) is 0. The maximum absolute atomic E-state index is 14.2. The number of nitrogens with zero attached hydrogens (tertiary/aromatic N) is 4. The summed E-state index contributed by atoms with van der Waals surface area (Å²) in [5.74, 6) is -0.495. The first-order chi connectivity index (χ1) is 16.2. The monoisotopic (exact) mass is 482 g/mol. The van der Waals surface area contributed by atoms with Gasteiger partial charge in [-0.15, -0.1) is 0 Å². The summed E-state index contributed by atoms with van der Waals surface area (Å²) in [4.78, 5) is 44.4. The Bertz CT molecular complexity index is 1340. The van der Waals surface area contributed by atoms with E-state index in [1.807, 2.05) is 6.92 Å². The highest BCUT2D eigenvalue weighted by atomic mass is 35.5. The van der Waals surface area contributed by atoms with Crippen LogP contribution in [0.3, 0.4) is 0 Å². The minimum Gasteiger partial charge on any atom is -0.330 e. The quantitative estimate of drug-likeness (QED) is 0.478. The maximum Gasteiger partial charge on any atom is 0.244 e. The van der Waals surface area contributed by atoms with E-state index in [4.69, 9.17) is 11.6 Å². The molecule has 7 nitrogen and oxygen atoms in total. The highest BCUT2D eigenvalue weighted by Gasteiger charge is 2.56. The molecule has 1 saturated carbocycles. The molecule has 0 bridgehead atoms. The number of aryl methyl sites for hydroxylation is 2. The lowest BCUT2D eigenvalue weighted by Gasteiger charge is -2.26. The minimum absolute atomic E-state index is 0.0333. The number of likely N-dealkylation sites (tertiary alicyclic amines) is 1. The van der Waals surface area contributed by atoms with E-state index in [9.17, 15) is 18.8 Å². The predicted molar refractivity (Wildman–Crippen MR) is 124 cm³/mol. The van der Waals surface area contributed by atoms with Crippen LogP contribution in [0.4, 0.5) is 4.39 Å². The third kappa shape index (κ3) is 4.00. The lowest BCUT2D eigenvalue weighted by Crippen LogP contribution is -2.45. The first kappa shape index (κ1) is 22.7. The zero-order chi connectivity index (χ0) is 24.1. The average Bonchev–Trinajstić information content (AvgIpc) is 3.31. The first-order valence-electron chi connectivity index (χ1n) is 11.3. The minimum atomic E-state index is -0.505. The van der Waals surface area contributed by atoms with Gasteiger partial charge in [0.25, 0.3) is 0 Å². The van der Waals surface area contributed by atoms with Crippen LogP contribution in [0.2, 0.25) is 5.02 Å². The molecule has 0 unspecified atom stereocenters. The molecular weight excluding hydrogens is 459 g/mol. The number of benzene rings is 1. The molecule has 34 heavy (non-hydrogen) atoms. The summed E-state index contributed by atoms with van der Waals surface area (Å²) in [5.41, 5.74) is 2.05. The molecule has 3 atom stereocenters. The number of aromatic nitrogens is 3. The number of pyridine rings is 1. The molecule has 176 valence electrons. The second kappa shape index (κ2) is 8.58. The van der Waals surface area contributed by atoms with Gasteiger partial charge in [0.05, 0.1) is 22.8 Å². The summed E-state index contributed by atoms with van der Waals surface area (Å²) in [6.45, 7) is 3.71. The Morgan fingerprint density at radius 1 is 1.26 bits per heavy atom. The Labute approximate surface area is 200 Å². The number of hydrogen-bond acceptors (Lipinski definition) is 5. The number of carbonyl (C=O) groups is 3. The van der Waals surface area contributed by atoms with E-state index in [1.165, 1.54) is 17.7 Å². The van der Waals surface area contributed by atoms with Crippen LogP contribution in [0.25, 0.3) is 10.9 Å². The zero-order valence-corrected chi connectivity index (χ0v) is 19.7. The molecule has 2 aromatic heterocycles. The van der Waals surface area contributed by atoms with Gasteiger partial charge in [0, 0.05) is 31.0 Å². The third-order valence-corrected chi connectivity index (χ3v) is 7.16. The van der Waals surface area contributed by atoms with Crippen LogP contribution in [0, 0.1) is 24.6 Å². The third-order valence-electron chi connectivity index (χ3n) is 6.86. The van der Waals surface area contributed by atoms with Crippen molar-refractivity contribution >= 4 is 40.0 Å². The zero-order valence-electron chi connectivity index (χ0n) is 18.9. The second-order valence-corrected chi connectivity index (χ2v) is 9.64. The molecule has 1 aromatic carbocycles. The van der Waals surface area contributed by atoms with Gasteiger partial charge in [-0.1, -0.05) is 23.7 Å². The van der Waals surface area contributed by atoms with Crippen LogP contribution in [-0.2, 0) is 22.6 Å². The lowest BCUT2D eigenvalue weighted by molar-refractivity contribution is -0.139. The molecule has 2 fully saturated rings. The normalized spacial score (nSPS) is 21.1. The number of carbonyl (C=O) groups excluding carboxylic acids is 3. The Morgan fingerprint density at radius 3 is 2.82 bits per heavy atom. The van der Waals surface area contributed by atoms with Crippen molar-refractivity contribution in [2.75, 3.05) is 6.54 Å². The standard InChI is InChI=1S/C25H24ClFN4O3/c1-13-8-18-20(10-28-13)31(29-24(18)14(2)32)12-22(34)30-11-16-9-17(16)25(30)21(33)7-6-15-4-3-5-19(26)23(15)27/h3-5,8,10,16-17,25H,6-7,9,11-12H2,1-2H3/t16-,17-,25-/m0/s1. The highest BCUT2D eigenvalue weighted by molar-refractivity contribution is 6.30. The van der Waals surface area contributed by atoms with Gasteiger partial charge in [-0.05, 0) is 49.3 Å². The van der Waals surface area contributed by atoms with Crippen molar-refractivity contribution in [1.82, 2.24) is 19.7 Å². The maximum atomic E-state index is 14.2. The number of amides is 1. The number of halogens is 2. The fourth-order valence-corrected chi connectivity index (χ4v) is 5.25. The Hall–Kier alpha value is -3.13.